The summed E-state index contributed by atoms with van der Waals surface area (Å²) in [6, 6.07) is 9.55. The minimum atomic E-state index is -1.02. The lowest BCUT2D eigenvalue weighted by Gasteiger charge is -2.49. The standard InChI is InChI=1S/C18H27NO3/c1-16(2,3)22-15(20)19-13-18(21,12-11-17(19,4)5)14-9-7-6-8-10-14/h6-10,21H,11-13H2,1-5H3. The lowest BCUT2D eigenvalue weighted by molar-refractivity contribution is -0.0849. The van der Waals surface area contributed by atoms with Gasteiger partial charge < -0.3 is 9.84 Å². The number of hydrogen-bond acceptors (Lipinski definition) is 3. The van der Waals surface area contributed by atoms with Gasteiger partial charge in [0.2, 0.25) is 0 Å². The van der Waals surface area contributed by atoms with Crippen molar-refractivity contribution >= 4 is 6.09 Å². The van der Waals surface area contributed by atoms with Crippen molar-refractivity contribution in [1.82, 2.24) is 4.90 Å². The molecule has 1 atom stereocenters. The molecule has 0 spiro atoms. The predicted octanol–water partition coefficient (Wildman–Crippen LogP) is 3.68. The fraction of sp³-hybridized carbons (Fsp3) is 0.611. The van der Waals surface area contributed by atoms with Gasteiger partial charge in [-0.3, -0.25) is 4.90 Å². The fourth-order valence-electron chi connectivity index (χ4n) is 2.82. The molecule has 1 aliphatic rings. The zero-order valence-electron chi connectivity index (χ0n) is 14.2. The normalized spacial score (nSPS) is 24.9. The number of benzene rings is 1. The van der Waals surface area contributed by atoms with Gasteiger partial charge >= 0.3 is 6.09 Å². The highest BCUT2D eigenvalue weighted by molar-refractivity contribution is 5.69. The molecule has 1 saturated heterocycles. The number of carbonyl (C=O) groups is 1. The first-order chi connectivity index (χ1) is 10.0. The topological polar surface area (TPSA) is 49.8 Å². The van der Waals surface area contributed by atoms with Crippen LogP contribution in [-0.2, 0) is 10.3 Å². The minimum Gasteiger partial charge on any atom is -0.444 e. The monoisotopic (exact) mass is 305 g/mol. The van der Waals surface area contributed by atoms with E-state index < -0.39 is 11.2 Å². The van der Waals surface area contributed by atoms with Gasteiger partial charge in [-0.2, -0.15) is 0 Å². The van der Waals surface area contributed by atoms with Gasteiger partial charge in [0.25, 0.3) is 0 Å². The summed E-state index contributed by atoms with van der Waals surface area (Å²) in [5.74, 6) is 0. The molecule has 0 radical (unpaired) electrons. The molecule has 4 nitrogen and oxygen atoms in total. The van der Waals surface area contributed by atoms with E-state index in [1.807, 2.05) is 65.0 Å². The second-order valence-corrected chi connectivity index (χ2v) is 7.78. The van der Waals surface area contributed by atoms with Crippen molar-refractivity contribution in [2.45, 2.75) is 64.2 Å². The highest BCUT2D eigenvalue weighted by Gasteiger charge is 2.46. The number of ether oxygens (including phenoxy) is 1. The SMILES string of the molecule is CC(C)(C)OC(=O)N1CC(O)(c2ccccc2)CCC1(C)C. The first-order valence-electron chi connectivity index (χ1n) is 7.82. The predicted molar refractivity (Wildman–Crippen MR) is 86.6 cm³/mol. The Bertz CT molecular complexity index is 533. The summed E-state index contributed by atoms with van der Waals surface area (Å²) in [4.78, 5) is 14.2. The number of nitrogens with zero attached hydrogens (tertiary/aromatic N) is 1. The molecule has 0 aliphatic carbocycles. The van der Waals surface area contributed by atoms with Crippen molar-refractivity contribution in [3.05, 3.63) is 35.9 Å². The molecule has 1 aliphatic heterocycles. The molecule has 4 heteroatoms. The Labute approximate surface area is 133 Å². The first kappa shape index (κ1) is 16.8. The molecular formula is C18H27NO3. The van der Waals surface area contributed by atoms with Crippen LogP contribution in [0, 0.1) is 0 Å². The van der Waals surface area contributed by atoms with E-state index in [4.69, 9.17) is 4.74 Å². The van der Waals surface area contributed by atoms with E-state index in [1.165, 1.54) is 0 Å². The van der Waals surface area contributed by atoms with Crippen LogP contribution in [-0.4, -0.2) is 33.8 Å². The van der Waals surface area contributed by atoms with Gasteiger partial charge in [-0.05, 0) is 53.0 Å². The Morgan fingerprint density at radius 2 is 1.77 bits per heavy atom. The molecule has 1 N–H and O–H groups in total. The van der Waals surface area contributed by atoms with Gasteiger partial charge in [0, 0.05) is 5.54 Å². The maximum Gasteiger partial charge on any atom is 0.410 e. The molecule has 0 bridgehead atoms. The molecule has 122 valence electrons. The smallest absolute Gasteiger partial charge is 0.410 e. The van der Waals surface area contributed by atoms with E-state index >= 15 is 0 Å². The highest BCUT2D eigenvalue weighted by Crippen LogP contribution is 2.39. The summed E-state index contributed by atoms with van der Waals surface area (Å²) < 4.78 is 5.52. The largest absolute Gasteiger partial charge is 0.444 e. The van der Waals surface area contributed by atoms with Crippen LogP contribution in [0.4, 0.5) is 4.79 Å². The van der Waals surface area contributed by atoms with Gasteiger partial charge in [0.05, 0.1) is 6.54 Å². The Balaban J connectivity index is 2.26. The molecule has 0 saturated carbocycles. The maximum absolute atomic E-state index is 12.5. The summed E-state index contributed by atoms with van der Waals surface area (Å²) in [6.45, 7) is 9.84. The molecule has 2 rings (SSSR count). The van der Waals surface area contributed by atoms with Crippen LogP contribution in [0.15, 0.2) is 30.3 Å². The maximum atomic E-state index is 12.5. The Morgan fingerprint density at radius 1 is 1.18 bits per heavy atom. The van der Waals surface area contributed by atoms with Crippen LogP contribution in [0.3, 0.4) is 0 Å². The van der Waals surface area contributed by atoms with Gasteiger partial charge in [0.15, 0.2) is 0 Å². The summed E-state index contributed by atoms with van der Waals surface area (Å²) in [7, 11) is 0. The lowest BCUT2D eigenvalue weighted by atomic mass is 9.78. The first-order valence-corrected chi connectivity index (χ1v) is 7.82. The molecule has 1 unspecified atom stereocenters. The quantitative estimate of drug-likeness (QED) is 0.861. The second kappa shape index (κ2) is 5.58. The van der Waals surface area contributed by atoms with Crippen LogP contribution < -0.4 is 0 Å². The number of β-amino-alcohol motifs (C(OH)–C–C–N with tert-alkyl or cyclic N) is 1. The Morgan fingerprint density at radius 3 is 2.32 bits per heavy atom. The average Bonchev–Trinajstić information content (AvgIpc) is 2.41. The van der Waals surface area contributed by atoms with Crippen molar-refractivity contribution in [1.29, 1.82) is 0 Å². The average molecular weight is 305 g/mol. The van der Waals surface area contributed by atoms with Crippen LogP contribution in [0.1, 0.15) is 53.0 Å². The molecule has 1 aromatic carbocycles. The zero-order valence-corrected chi connectivity index (χ0v) is 14.2. The van der Waals surface area contributed by atoms with Crippen molar-refractivity contribution < 1.29 is 14.6 Å². The van der Waals surface area contributed by atoms with Gasteiger partial charge in [0.1, 0.15) is 11.2 Å². The van der Waals surface area contributed by atoms with E-state index in [0.717, 1.165) is 12.0 Å². The number of carbonyl (C=O) groups excluding carboxylic acids is 1. The molecule has 1 aromatic rings. The van der Waals surface area contributed by atoms with Crippen molar-refractivity contribution in [2.24, 2.45) is 0 Å². The van der Waals surface area contributed by atoms with Crippen molar-refractivity contribution in [3.8, 4) is 0 Å². The van der Waals surface area contributed by atoms with E-state index in [2.05, 4.69) is 0 Å². The van der Waals surface area contributed by atoms with E-state index in [1.54, 1.807) is 4.90 Å². The van der Waals surface area contributed by atoms with Crippen LogP contribution in [0.5, 0.6) is 0 Å². The number of rotatable bonds is 1. The van der Waals surface area contributed by atoms with Crippen LogP contribution >= 0.6 is 0 Å². The molecule has 22 heavy (non-hydrogen) atoms. The number of hydrogen-bond donors (Lipinski definition) is 1. The highest BCUT2D eigenvalue weighted by atomic mass is 16.6. The van der Waals surface area contributed by atoms with Gasteiger partial charge in [-0.15, -0.1) is 0 Å². The molecular weight excluding hydrogens is 278 g/mol. The number of likely N-dealkylation sites (tertiary alicyclic amines) is 1. The number of piperidine rings is 1. The van der Waals surface area contributed by atoms with Crippen molar-refractivity contribution in [3.63, 3.8) is 0 Å². The van der Waals surface area contributed by atoms with Gasteiger partial charge in [-0.25, -0.2) is 4.79 Å². The second-order valence-electron chi connectivity index (χ2n) is 7.78. The van der Waals surface area contributed by atoms with Crippen LogP contribution in [0.25, 0.3) is 0 Å². The minimum absolute atomic E-state index is 0.249. The summed E-state index contributed by atoms with van der Waals surface area (Å²) in [6.07, 6.45) is 0.979. The third-order valence-electron chi connectivity index (χ3n) is 4.23. The van der Waals surface area contributed by atoms with E-state index in [9.17, 15) is 9.90 Å². The molecule has 1 heterocycles. The summed E-state index contributed by atoms with van der Waals surface area (Å²) in [5, 5.41) is 11.0. The summed E-state index contributed by atoms with van der Waals surface area (Å²) in [5.41, 5.74) is -1.05. The third-order valence-corrected chi connectivity index (χ3v) is 4.23. The fourth-order valence-corrected chi connectivity index (χ4v) is 2.82. The number of amides is 1. The lowest BCUT2D eigenvalue weighted by Crippen LogP contribution is -2.59. The van der Waals surface area contributed by atoms with E-state index in [-0.39, 0.29) is 18.2 Å². The molecule has 1 fully saturated rings. The van der Waals surface area contributed by atoms with Gasteiger partial charge in [-0.1, -0.05) is 30.3 Å². The van der Waals surface area contributed by atoms with Crippen molar-refractivity contribution in [2.75, 3.05) is 6.54 Å². The van der Waals surface area contributed by atoms with E-state index in [0.29, 0.717) is 6.42 Å². The summed E-state index contributed by atoms with van der Waals surface area (Å²) >= 11 is 0. The molecule has 1 amide bonds. The number of aliphatic hydroxyl groups is 1. The molecule has 0 aromatic heterocycles. The zero-order chi connectivity index (χ0) is 16.6. The Hall–Kier alpha value is -1.55. The Kier molecular flexibility index (Phi) is 4.26. The third kappa shape index (κ3) is 3.61. The van der Waals surface area contributed by atoms with Crippen LogP contribution in [0.2, 0.25) is 0 Å².